The van der Waals surface area contributed by atoms with Gasteiger partial charge in [0.05, 0.1) is 7.11 Å². The predicted molar refractivity (Wildman–Crippen MR) is 86.7 cm³/mol. The van der Waals surface area contributed by atoms with Gasteiger partial charge in [-0.05, 0) is 49.6 Å². The van der Waals surface area contributed by atoms with Gasteiger partial charge in [0.15, 0.2) is 0 Å². The van der Waals surface area contributed by atoms with Crippen LogP contribution in [0.1, 0.15) is 36.2 Å². The first-order chi connectivity index (χ1) is 10.2. The van der Waals surface area contributed by atoms with Crippen LogP contribution in [0.5, 0.6) is 5.75 Å². The summed E-state index contributed by atoms with van der Waals surface area (Å²) >= 11 is 0. The van der Waals surface area contributed by atoms with E-state index >= 15 is 0 Å². The fourth-order valence-corrected chi connectivity index (χ4v) is 2.40. The Morgan fingerprint density at radius 1 is 1.19 bits per heavy atom. The molecule has 0 aliphatic carbocycles. The third-order valence-electron chi connectivity index (χ3n) is 3.59. The Bertz CT molecular complexity index is 551. The number of para-hydroxylation sites is 1. The molecule has 0 aliphatic heterocycles. The molecule has 0 saturated heterocycles. The molecule has 0 aliphatic rings. The van der Waals surface area contributed by atoms with Gasteiger partial charge in [-0.3, -0.25) is 4.98 Å². The van der Waals surface area contributed by atoms with E-state index in [0.717, 1.165) is 30.8 Å². The van der Waals surface area contributed by atoms with Crippen LogP contribution in [0, 0.1) is 6.92 Å². The van der Waals surface area contributed by atoms with Gasteiger partial charge in [-0.15, -0.1) is 0 Å². The average molecular weight is 284 g/mol. The molecule has 1 aromatic carbocycles. The Morgan fingerprint density at radius 3 is 2.67 bits per heavy atom. The first-order valence-electron chi connectivity index (χ1n) is 7.52. The largest absolute Gasteiger partial charge is 0.496 e. The first-order valence-corrected chi connectivity index (χ1v) is 7.52. The topological polar surface area (TPSA) is 34.1 Å². The number of pyridine rings is 1. The van der Waals surface area contributed by atoms with E-state index in [-0.39, 0.29) is 6.04 Å². The first kappa shape index (κ1) is 15.5. The maximum absolute atomic E-state index is 5.46. The van der Waals surface area contributed by atoms with Gasteiger partial charge in [0, 0.05) is 17.9 Å². The molecule has 21 heavy (non-hydrogen) atoms. The summed E-state index contributed by atoms with van der Waals surface area (Å²) < 4.78 is 5.46. The van der Waals surface area contributed by atoms with Crippen LogP contribution in [0.4, 0.5) is 0 Å². The van der Waals surface area contributed by atoms with E-state index in [9.17, 15) is 0 Å². The van der Waals surface area contributed by atoms with Crippen LogP contribution in [0.3, 0.4) is 0 Å². The van der Waals surface area contributed by atoms with E-state index in [4.69, 9.17) is 4.74 Å². The number of hydrogen-bond donors (Lipinski definition) is 1. The minimum absolute atomic E-state index is 0.259. The summed E-state index contributed by atoms with van der Waals surface area (Å²) in [4.78, 5) is 4.42. The van der Waals surface area contributed by atoms with Crippen LogP contribution in [0.2, 0.25) is 0 Å². The minimum Gasteiger partial charge on any atom is -0.496 e. The molecule has 0 saturated carbocycles. The third-order valence-corrected chi connectivity index (χ3v) is 3.59. The number of hydrogen-bond acceptors (Lipinski definition) is 3. The Balaban J connectivity index is 2.21. The van der Waals surface area contributed by atoms with E-state index in [2.05, 4.69) is 41.5 Å². The van der Waals surface area contributed by atoms with E-state index in [1.807, 2.05) is 25.3 Å². The highest BCUT2D eigenvalue weighted by Gasteiger charge is 2.14. The molecule has 2 rings (SSSR count). The Kier molecular flexibility index (Phi) is 5.76. The molecule has 0 fully saturated rings. The van der Waals surface area contributed by atoms with Crippen molar-refractivity contribution in [2.24, 2.45) is 0 Å². The van der Waals surface area contributed by atoms with Gasteiger partial charge in [0.2, 0.25) is 0 Å². The van der Waals surface area contributed by atoms with Crippen molar-refractivity contribution in [3.05, 3.63) is 59.4 Å². The minimum atomic E-state index is 0.259. The molecule has 0 radical (unpaired) electrons. The number of aryl methyl sites for hydroxylation is 1. The lowest BCUT2D eigenvalue weighted by molar-refractivity contribution is 0.405. The smallest absolute Gasteiger partial charge is 0.122 e. The third kappa shape index (κ3) is 4.30. The number of nitrogens with zero attached hydrogens (tertiary/aromatic N) is 1. The van der Waals surface area contributed by atoms with Gasteiger partial charge in [-0.2, -0.15) is 0 Å². The average Bonchev–Trinajstić information content (AvgIpc) is 2.52. The lowest BCUT2D eigenvalue weighted by Gasteiger charge is -2.20. The lowest BCUT2D eigenvalue weighted by Crippen LogP contribution is -2.24. The van der Waals surface area contributed by atoms with E-state index in [1.165, 1.54) is 11.1 Å². The maximum atomic E-state index is 5.46. The molecular weight excluding hydrogens is 260 g/mol. The van der Waals surface area contributed by atoms with Crippen molar-refractivity contribution in [3.63, 3.8) is 0 Å². The summed E-state index contributed by atoms with van der Waals surface area (Å²) in [5, 5.41) is 3.61. The summed E-state index contributed by atoms with van der Waals surface area (Å²) in [6.45, 7) is 5.19. The zero-order valence-corrected chi connectivity index (χ0v) is 13.1. The number of nitrogens with one attached hydrogen (secondary N) is 1. The van der Waals surface area contributed by atoms with Crippen LogP contribution >= 0.6 is 0 Å². The number of benzene rings is 1. The van der Waals surface area contributed by atoms with Crippen LogP contribution in [-0.4, -0.2) is 18.6 Å². The summed E-state index contributed by atoms with van der Waals surface area (Å²) in [5.41, 5.74) is 3.49. The SMILES string of the molecule is CCCNC(Cc1ccccc1OC)c1ccc(C)nc1. The Labute approximate surface area is 127 Å². The van der Waals surface area contributed by atoms with Crippen LogP contribution < -0.4 is 10.1 Å². The van der Waals surface area contributed by atoms with Gasteiger partial charge in [-0.25, -0.2) is 0 Å². The summed E-state index contributed by atoms with van der Waals surface area (Å²) in [6.07, 6.45) is 3.98. The van der Waals surface area contributed by atoms with Crippen molar-refractivity contribution in [3.8, 4) is 5.75 Å². The molecule has 1 N–H and O–H groups in total. The second-order valence-electron chi connectivity index (χ2n) is 5.26. The molecule has 1 atom stereocenters. The molecule has 1 aromatic heterocycles. The van der Waals surface area contributed by atoms with Crippen LogP contribution in [-0.2, 0) is 6.42 Å². The molecule has 3 nitrogen and oxygen atoms in total. The van der Waals surface area contributed by atoms with Crippen molar-refractivity contribution in [1.29, 1.82) is 0 Å². The number of aromatic nitrogens is 1. The van der Waals surface area contributed by atoms with Crippen molar-refractivity contribution >= 4 is 0 Å². The fourth-order valence-electron chi connectivity index (χ4n) is 2.40. The highest BCUT2D eigenvalue weighted by Crippen LogP contribution is 2.24. The number of methoxy groups -OCH3 is 1. The molecule has 0 bridgehead atoms. The monoisotopic (exact) mass is 284 g/mol. The Morgan fingerprint density at radius 2 is 2.00 bits per heavy atom. The molecule has 1 heterocycles. The second kappa shape index (κ2) is 7.79. The molecule has 3 heteroatoms. The zero-order chi connectivity index (χ0) is 15.1. The van der Waals surface area contributed by atoms with Crippen LogP contribution in [0.25, 0.3) is 0 Å². The molecule has 0 spiro atoms. The van der Waals surface area contributed by atoms with Crippen molar-refractivity contribution in [1.82, 2.24) is 10.3 Å². The van der Waals surface area contributed by atoms with Crippen LogP contribution in [0.15, 0.2) is 42.6 Å². The predicted octanol–water partition coefficient (Wildman–Crippen LogP) is 3.68. The number of ether oxygens (including phenoxy) is 1. The summed E-state index contributed by atoms with van der Waals surface area (Å²) in [7, 11) is 1.72. The Hall–Kier alpha value is -1.87. The van der Waals surface area contributed by atoms with E-state index in [0.29, 0.717) is 0 Å². The fraction of sp³-hybridized carbons (Fsp3) is 0.389. The van der Waals surface area contributed by atoms with Gasteiger partial charge in [0.1, 0.15) is 5.75 Å². The lowest BCUT2D eigenvalue weighted by atomic mass is 9.99. The highest BCUT2D eigenvalue weighted by molar-refractivity contribution is 5.35. The van der Waals surface area contributed by atoms with E-state index in [1.54, 1.807) is 7.11 Å². The number of rotatable bonds is 7. The molecule has 0 amide bonds. The molecule has 112 valence electrons. The van der Waals surface area contributed by atoms with Crippen molar-refractivity contribution in [2.75, 3.05) is 13.7 Å². The summed E-state index contributed by atoms with van der Waals surface area (Å²) in [6, 6.07) is 12.7. The molecule has 2 aromatic rings. The maximum Gasteiger partial charge on any atom is 0.122 e. The molecule has 1 unspecified atom stereocenters. The standard InChI is InChI=1S/C18H24N2O/c1-4-11-19-17(16-10-9-14(2)20-13-16)12-15-7-5-6-8-18(15)21-3/h5-10,13,17,19H,4,11-12H2,1-3H3. The van der Waals surface area contributed by atoms with Crippen molar-refractivity contribution in [2.45, 2.75) is 32.7 Å². The van der Waals surface area contributed by atoms with Gasteiger partial charge < -0.3 is 10.1 Å². The second-order valence-corrected chi connectivity index (χ2v) is 5.26. The highest BCUT2D eigenvalue weighted by atomic mass is 16.5. The van der Waals surface area contributed by atoms with Gasteiger partial charge >= 0.3 is 0 Å². The molecular formula is C18H24N2O. The quantitative estimate of drug-likeness (QED) is 0.842. The van der Waals surface area contributed by atoms with E-state index < -0.39 is 0 Å². The normalized spacial score (nSPS) is 12.1. The zero-order valence-electron chi connectivity index (χ0n) is 13.1. The van der Waals surface area contributed by atoms with Crippen molar-refractivity contribution < 1.29 is 4.74 Å². The van der Waals surface area contributed by atoms with Gasteiger partial charge in [0.25, 0.3) is 0 Å². The van der Waals surface area contributed by atoms with Gasteiger partial charge in [-0.1, -0.05) is 31.2 Å². The summed E-state index contributed by atoms with van der Waals surface area (Å²) in [5.74, 6) is 0.945.